The van der Waals surface area contributed by atoms with Crippen molar-refractivity contribution in [2.24, 2.45) is 0 Å². The van der Waals surface area contributed by atoms with E-state index in [0.717, 1.165) is 17.2 Å². The quantitative estimate of drug-likeness (QED) is 0.643. The van der Waals surface area contributed by atoms with E-state index in [0.29, 0.717) is 6.04 Å². The molecule has 0 saturated carbocycles. The van der Waals surface area contributed by atoms with Crippen LogP contribution in [-0.2, 0) is 0 Å². The maximum absolute atomic E-state index is 12.7. The summed E-state index contributed by atoms with van der Waals surface area (Å²) in [6.07, 6.45) is 1.30. The van der Waals surface area contributed by atoms with Crippen LogP contribution in [0, 0.1) is 5.82 Å². The Kier molecular flexibility index (Phi) is 5.00. The molecule has 1 aliphatic heterocycles. The summed E-state index contributed by atoms with van der Waals surface area (Å²) in [4.78, 5) is 1.14. The zero-order valence-electron chi connectivity index (χ0n) is 9.12. The Hall–Kier alpha value is -0.190. The average Bonchev–Trinajstić information content (AvgIpc) is 2.80. The highest BCUT2D eigenvalue weighted by atomic mass is 32.2. The summed E-state index contributed by atoms with van der Waals surface area (Å²) in [5, 5.41) is 3.55. The highest BCUT2D eigenvalue weighted by Crippen LogP contribution is 2.19. The lowest BCUT2D eigenvalue weighted by atomic mass is 10.3. The van der Waals surface area contributed by atoms with Crippen molar-refractivity contribution in [3.05, 3.63) is 30.1 Å². The third-order valence-corrected chi connectivity index (χ3v) is 4.72. The van der Waals surface area contributed by atoms with Gasteiger partial charge in [0.2, 0.25) is 0 Å². The van der Waals surface area contributed by atoms with Crippen LogP contribution in [0.15, 0.2) is 29.2 Å². The second-order valence-electron chi connectivity index (χ2n) is 3.82. The van der Waals surface area contributed by atoms with E-state index in [4.69, 9.17) is 0 Å². The molecule has 1 saturated heterocycles. The normalized spacial score (nSPS) is 20.2. The largest absolute Gasteiger partial charge is 0.312 e. The van der Waals surface area contributed by atoms with Crippen molar-refractivity contribution in [3.8, 4) is 0 Å². The van der Waals surface area contributed by atoms with E-state index in [1.54, 1.807) is 11.8 Å². The van der Waals surface area contributed by atoms with E-state index in [1.165, 1.54) is 30.1 Å². The van der Waals surface area contributed by atoms with E-state index in [1.807, 2.05) is 23.9 Å². The molecular weight excluding hydrogens is 241 g/mol. The molecule has 1 aromatic carbocycles. The summed E-state index contributed by atoms with van der Waals surface area (Å²) in [5.41, 5.74) is 0. The van der Waals surface area contributed by atoms with Gasteiger partial charge in [0.25, 0.3) is 0 Å². The molecule has 1 unspecified atom stereocenters. The van der Waals surface area contributed by atoms with Gasteiger partial charge in [0.15, 0.2) is 0 Å². The molecule has 0 spiro atoms. The fourth-order valence-corrected chi connectivity index (χ4v) is 3.63. The molecule has 1 nitrogen and oxygen atoms in total. The number of benzene rings is 1. The molecule has 1 fully saturated rings. The molecule has 2 rings (SSSR count). The first-order chi connectivity index (χ1) is 7.84. The minimum atomic E-state index is -0.162. The molecule has 4 heteroatoms. The first-order valence-electron chi connectivity index (χ1n) is 5.54. The van der Waals surface area contributed by atoms with E-state index >= 15 is 0 Å². The summed E-state index contributed by atoms with van der Waals surface area (Å²) in [6.45, 7) is 1.03. The highest BCUT2D eigenvalue weighted by molar-refractivity contribution is 7.99. The molecule has 0 aromatic heterocycles. The van der Waals surface area contributed by atoms with Crippen LogP contribution in [0.5, 0.6) is 0 Å². The molecule has 1 N–H and O–H groups in total. The predicted molar refractivity (Wildman–Crippen MR) is 70.9 cm³/mol. The summed E-state index contributed by atoms with van der Waals surface area (Å²) in [7, 11) is 0. The van der Waals surface area contributed by atoms with Gasteiger partial charge in [-0.3, -0.25) is 0 Å². The smallest absolute Gasteiger partial charge is 0.123 e. The van der Waals surface area contributed by atoms with Gasteiger partial charge in [0.05, 0.1) is 0 Å². The Morgan fingerprint density at radius 1 is 1.38 bits per heavy atom. The zero-order valence-corrected chi connectivity index (χ0v) is 10.7. The van der Waals surface area contributed by atoms with Crippen LogP contribution in [0.3, 0.4) is 0 Å². The second-order valence-corrected chi connectivity index (χ2v) is 6.14. The van der Waals surface area contributed by atoms with Crippen molar-refractivity contribution >= 4 is 23.5 Å². The Morgan fingerprint density at radius 2 is 2.19 bits per heavy atom. The molecule has 1 aromatic rings. The molecule has 16 heavy (non-hydrogen) atoms. The van der Waals surface area contributed by atoms with E-state index < -0.39 is 0 Å². The van der Waals surface area contributed by atoms with Crippen LogP contribution in [0.25, 0.3) is 0 Å². The van der Waals surface area contributed by atoms with Crippen LogP contribution in [0.2, 0.25) is 0 Å². The van der Waals surface area contributed by atoms with Crippen LogP contribution in [0.1, 0.15) is 6.42 Å². The third-order valence-electron chi connectivity index (χ3n) is 2.55. The fourth-order valence-electron chi connectivity index (χ4n) is 1.66. The van der Waals surface area contributed by atoms with Crippen molar-refractivity contribution in [2.45, 2.75) is 17.4 Å². The van der Waals surface area contributed by atoms with Gasteiger partial charge in [0.1, 0.15) is 5.82 Å². The van der Waals surface area contributed by atoms with Gasteiger partial charge in [0, 0.05) is 29.0 Å². The van der Waals surface area contributed by atoms with Gasteiger partial charge in [-0.15, -0.1) is 11.8 Å². The summed E-state index contributed by atoms with van der Waals surface area (Å²) in [6, 6.07) is 7.42. The standard InChI is InChI=1S/C12H16FNS2/c13-10-1-3-12(4-2-10)16-8-6-14-11-5-7-15-9-11/h1-4,11,14H,5-9H2. The fraction of sp³-hybridized carbons (Fsp3) is 0.500. The minimum absolute atomic E-state index is 0.162. The molecule has 0 amide bonds. The lowest BCUT2D eigenvalue weighted by molar-refractivity contribution is 0.581. The van der Waals surface area contributed by atoms with Gasteiger partial charge in [-0.2, -0.15) is 11.8 Å². The second kappa shape index (κ2) is 6.52. The number of thioether (sulfide) groups is 2. The summed E-state index contributed by atoms with van der Waals surface area (Å²) in [5.74, 6) is 3.43. The molecule has 1 heterocycles. The monoisotopic (exact) mass is 257 g/mol. The van der Waals surface area contributed by atoms with E-state index in [2.05, 4.69) is 5.32 Å². The average molecular weight is 257 g/mol. The highest BCUT2D eigenvalue weighted by Gasteiger charge is 2.13. The van der Waals surface area contributed by atoms with Gasteiger partial charge >= 0.3 is 0 Å². The van der Waals surface area contributed by atoms with Gasteiger partial charge < -0.3 is 5.32 Å². The minimum Gasteiger partial charge on any atom is -0.312 e. The Bertz CT molecular complexity index is 309. The van der Waals surface area contributed by atoms with Crippen molar-refractivity contribution < 1.29 is 4.39 Å². The SMILES string of the molecule is Fc1ccc(SCCNC2CCSC2)cc1. The number of nitrogens with one attached hydrogen (secondary N) is 1. The van der Waals surface area contributed by atoms with Crippen molar-refractivity contribution in [1.29, 1.82) is 0 Å². The lowest BCUT2D eigenvalue weighted by Gasteiger charge is -2.10. The van der Waals surface area contributed by atoms with Crippen molar-refractivity contribution in [1.82, 2.24) is 5.32 Å². The van der Waals surface area contributed by atoms with Gasteiger partial charge in [-0.25, -0.2) is 4.39 Å². The first kappa shape index (κ1) is 12.3. The molecular formula is C12H16FNS2. The Morgan fingerprint density at radius 3 is 2.88 bits per heavy atom. The van der Waals surface area contributed by atoms with Crippen LogP contribution < -0.4 is 5.32 Å². The molecule has 88 valence electrons. The number of rotatable bonds is 5. The number of hydrogen-bond donors (Lipinski definition) is 1. The molecule has 0 aliphatic carbocycles. The maximum Gasteiger partial charge on any atom is 0.123 e. The molecule has 1 aliphatic rings. The predicted octanol–water partition coefficient (Wildman–Crippen LogP) is 3.01. The van der Waals surface area contributed by atoms with Gasteiger partial charge in [-0.05, 0) is 36.4 Å². The van der Waals surface area contributed by atoms with Crippen LogP contribution in [-0.4, -0.2) is 29.8 Å². The van der Waals surface area contributed by atoms with Crippen LogP contribution >= 0.6 is 23.5 Å². The molecule has 0 bridgehead atoms. The molecule has 1 atom stereocenters. The van der Waals surface area contributed by atoms with Crippen LogP contribution in [0.4, 0.5) is 4.39 Å². The maximum atomic E-state index is 12.7. The molecule has 0 radical (unpaired) electrons. The van der Waals surface area contributed by atoms with Gasteiger partial charge in [-0.1, -0.05) is 0 Å². The third kappa shape index (κ3) is 4.00. The van der Waals surface area contributed by atoms with E-state index in [-0.39, 0.29) is 5.82 Å². The number of hydrogen-bond acceptors (Lipinski definition) is 3. The lowest BCUT2D eigenvalue weighted by Crippen LogP contribution is -2.30. The van der Waals surface area contributed by atoms with Crippen molar-refractivity contribution in [2.75, 3.05) is 23.8 Å². The van der Waals surface area contributed by atoms with E-state index in [9.17, 15) is 4.39 Å². The summed E-state index contributed by atoms with van der Waals surface area (Å²) < 4.78 is 12.7. The Labute approximate surface area is 105 Å². The Balaban J connectivity index is 1.62. The van der Waals surface area contributed by atoms with Crippen molar-refractivity contribution in [3.63, 3.8) is 0 Å². The summed E-state index contributed by atoms with van der Waals surface area (Å²) >= 11 is 3.80. The first-order valence-corrected chi connectivity index (χ1v) is 7.68. The number of halogens is 1. The topological polar surface area (TPSA) is 12.0 Å². The zero-order chi connectivity index (χ0) is 11.2.